The molecule has 0 saturated carbocycles. The fourth-order valence-electron chi connectivity index (χ4n) is 5.36. The number of hydrogen-bond donors (Lipinski definition) is 7. The van der Waals surface area contributed by atoms with Crippen LogP contribution in [0.25, 0.3) is 6.08 Å². The van der Waals surface area contributed by atoms with Crippen molar-refractivity contribution in [2.75, 3.05) is 6.61 Å². The van der Waals surface area contributed by atoms with E-state index in [0.29, 0.717) is 5.56 Å². The zero-order valence-electron chi connectivity index (χ0n) is 21.5. The number of benzene rings is 3. The Balaban J connectivity index is 1.45. The predicted octanol–water partition coefficient (Wildman–Crippen LogP) is 1.08. The van der Waals surface area contributed by atoms with E-state index in [9.17, 15) is 45.3 Å². The van der Waals surface area contributed by atoms with E-state index in [-0.39, 0.29) is 39.3 Å². The van der Waals surface area contributed by atoms with Gasteiger partial charge >= 0.3 is 5.97 Å². The Hall–Kier alpha value is -4.26. The van der Waals surface area contributed by atoms with Crippen molar-refractivity contribution >= 4 is 17.8 Å². The number of phenols is 3. The lowest BCUT2D eigenvalue weighted by atomic mass is 9.71. The molecule has 2 unspecified atom stereocenters. The number of hydrogen-bond acceptors (Lipinski definition) is 11. The number of ether oxygens (including phenoxy) is 2. The van der Waals surface area contributed by atoms with Gasteiger partial charge in [-0.3, -0.25) is 4.79 Å². The van der Waals surface area contributed by atoms with Crippen LogP contribution < -0.4 is 0 Å². The Morgan fingerprint density at radius 3 is 2.29 bits per heavy atom. The van der Waals surface area contributed by atoms with Gasteiger partial charge in [0, 0.05) is 12.0 Å². The molecule has 41 heavy (non-hydrogen) atoms. The molecule has 3 aromatic rings. The number of phenolic OH excluding ortho intramolecular Hbond substituents is 3. The molecule has 5 rings (SSSR count). The van der Waals surface area contributed by atoms with Crippen LogP contribution >= 0.6 is 0 Å². The van der Waals surface area contributed by atoms with Crippen LogP contribution in [0.3, 0.4) is 0 Å². The van der Waals surface area contributed by atoms with Gasteiger partial charge in [-0.2, -0.15) is 0 Å². The van der Waals surface area contributed by atoms with Gasteiger partial charge in [-0.05, 0) is 52.6 Å². The van der Waals surface area contributed by atoms with Crippen molar-refractivity contribution in [1.82, 2.24) is 0 Å². The predicted molar refractivity (Wildman–Crippen MR) is 142 cm³/mol. The Morgan fingerprint density at radius 2 is 1.59 bits per heavy atom. The normalized spacial score (nSPS) is 25.5. The molecule has 7 N–H and O–H groups in total. The van der Waals surface area contributed by atoms with E-state index in [4.69, 9.17) is 9.47 Å². The third kappa shape index (κ3) is 5.29. The second-order valence-electron chi connectivity index (χ2n) is 9.95. The molecule has 0 aromatic heterocycles. The minimum Gasteiger partial charge on any atom is -0.508 e. The molecule has 1 aliphatic heterocycles. The number of carbonyl (C=O) groups excluding carboxylic acids is 2. The van der Waals surface area contributed by atoms with Gasteiger partial charge in [0.05, 0.1) is 23.8 Å². The standard InChI is InChI=1S/C30H28O11/c31-12-15-10-18-23(17-2-1-3-19(33)24(17)27(37)25(18)20(34)11-15)30-29(39)28(38)26(36)21(41-30)13-40-22(35)9-6-14-4-7-16(32)8-5-14/h1-11,21,23,26,28-34,36,38-39H,12-13H2/b9-6+/t21-,23?,26-,28-,29-,30?/m1/s1. The van der Waals surface area contributed by atoms with Crippen molar-refractivity contribution in [3.8, 4) is 17.2 Å². The molecule has 11 heteroatoms. The number of fused-ring (bicyclic) bond motifs is 2. The van der Waals surface area contributed by atoms with Gasteiger partial charge in [-0.15, -0.1) is 0 Å². The van der Waals surface area contributed by atoms with Crippen molar-refractivity contribution in [3.63, 3.8) is 0 Å². The van der Waals surface area contributed by atoms with Crippen molar-refractivity contribution in [2.24, 2.45) is 0 Å². The Labute approximate surface area is 233 Å². The summed E-state index contributed by atoms with van der Waals surface area (Å²) in [7, 11) is 0. The summed E-state index contributed by atoms with van der Waals surface area (Å²) in [6.45, 7) is -0.978. The van der Waals surface area contributed by atoms with Gasteiger partial charge in [0.25, 0.3) is 0 Å². The monoisotopic (exact) mass is 564 g/mol. The van der Waals surface area contributed by atoms with E-state index >= 15 is 0 Å². The third-order valence-corrected chi connectivity index (χ3v) is 7.36. The van der Waals surface area contributed by atoms with Crippen LogP contribution in [0.1, 0.15) is 44.1 Å². The first-order chi connectivity index (χ1) is 19.6. The average molecular weight is 565 g/mol. The minimum absolute atomic E-state index is 0.0639. The van der Waals surface area contributed by atoms with E-state index < -0.39 is 67.2 Å². The first-order valence-corrected chi connectivity index (χ1v) is 12.8. The second-order valence-corrected chi connectivity index (χ2v) is 9.95. The first kappa shape index (κ1) is 28.3. The fraction of sp³-hybridized carbons (Fsp3) is 0.267. The number of esters is 1. The summed E-state index contributed by atoms with van der Waals surface area (Å²) in [5, 5.41) is 72.8. The SMILES string of the molecule is O=C(/C=C/c1ccc(O)cc1)OC[C@H]1OC(C2c3cccc(O)c3C(=O)c3c(O)cc(CO)cc32)[C@H](O)[C@H](O)[C@@H]1O. The molecule has 1 aliphatic carbocycles. The quantitative estimate of drug-likeness (QED) is 0.167. The lowest BCUT2D eigenvalue weighted by Gasteiger charge is -2.45. The van der Waals surface area contributed by atoms with Crippen LogP contribution in [0.5, 0.6) is 17.2 Å². The molecule has 1 saturated heterocycles. The van der Waals surface area contributed by atoms with Gasteiger partial charge in [0.15, 0.2) is 0 Å². The van der Waals surface area contributed by atoms with E-state index in [0.717, 1.165) is 6.08 Å². The maximum absolute atomic E-state index is 13.3. The molecule has 2 aliphatic rings. The highest BCUT2D eigenvalue weighted by Crippen LogP contribution is 2.47. The highest BCUT2D eigenvalue weighted by atomic mass is 16.6. The Bertz CT molecular complexity index is 1500. The fourth-order valence-corrected chi connectivity index (χ4v) is 5.36. The molecule has 0 spiro atoms. The highest BCUT2D eigenvalue weighted by Gasteiger charge is 2.50. The van der Waals surface area contributed by atoms with Crippen molar-refractivity contribution in [3.05, 3.63) is 94.1 Å². The molecular formula is C30H28O11. The second kappa shape index (κ2) is 11.3. The van der Waals surface area contributed by atoms with Gasteiger partial charge in [-0.25, -0.2) is 4.79 Å². The minimum atomic E-state index is -1.75. The van der Waals surface area contributed by atoms with Crippen LogP contribution in [-0.4, -0.2) is 84.6 Å². The summed E-state index contributed by atoms with van der Waals surface area (Å²) in [5.41, 5.74) is 0.995. The average Bonchev–Trinajstić information content (AvgIpc) is 2.95. The largest absolute Gasteiger partial charge is 0.508 e. The third-order valence-electron chi connectivity index (χ3n) is 7.36. The summed E-state index contributed by atoms with van der Waals surface area (Å²) >= 11 is 0. The van der Waals surface area contributed by atoms with E-state index in [1.54, 1.807) is 12.1 Å². The molecule has 6 atom stereocenters. The molecule has 1 heterocycles. The summed E-state index contributed by atoms with van der Waals surface area (Å²) in [6, 6.07) is 13.0. The van der Waals surface area contributed by atoms with E-state index in [1.807, 2.05) is 0 Å². The van der Waals surface area contributed by atoms with Crippen LogP contribution in [-0.2, 0) is 20.9 Å². The van der Waals surface area contributed by atoms with E-state index in [2.05, 4.69) is 0 Å². The van der Waals surface area contributed by atoms with Crippen molar-refractivity contribution in [1.29, 1.82) is 0 Å². The smallest absolute Gasteiger partial charge is 0.330 e. The first-order valence-electron chi connectivity index (χ1n) is 12.8. The summed E-state index contributed by atoms with van der Waals surface area (Å²) in [6.07, 6.45) is -5.17. The van der Waals surface area contributed by atoms with Gasteiger partial charge in [0.1, 0.15) is 48.3 Å². The lowest BCUT2D eigenvalue weighted by Crippen LogP contribution is -2.60. The van der Waals surface area contributed by atoms with Crippen molar-refractivity contribution in [2.45, 2.75) is 43.0 Å². The molecule has 1 fully saturated rings. The van der Waals surface area contributed by atoms with Crippen LogP contribution in [0.2, 0.25) is 0 Å². The molecule has 214 valence electrons. The molecule has 0 amide bonds. The van der Waals surface area contributed by atoms with Gasteiger partial charge in [0.2, 0.25) is 5.78 Å². The Morgan fingerprint density at radius 1 is 0.878 bits per heavy atom. The van der Waals surface area contributed by atoms with E-state index in [1.165, 1.54) is 48.5 Å². The number of ketones is 1. The van der Waals surface area contributed by atoms with Crippen LogP contribution in [0, 0.1) is 0 Å². The Kier molecular flexibility index (Phi) is 7.80. The zero-order chi connectivity index (χ0) is 29.4. The number of aliphatic hydroxyl groups excluding tert-OH is 4. The van der Waals surface area contributed by atoms with Crippen LogP contribution in [0.4, 0.5) is 0 Å². The zero-order valence-corrected chi connectivity index (χ0v) is 21.5. The van der Waals surface area contributed by atoms with Crippen molar-refractivity contribution < 1.29 is 54.8 Å². The maximum Gasteiger partial charge on any atom is 0.330 e. The number of aromatic hydroxyl groups is 3. The maximum atomic E-state index is 13.3. The summed E-state index contributed by atoms with van der Waals surface area (Å²) in [5.74, 6) is -3.27. The molecule has 11 nitrogen and oxygen atoms in total. The van der Waals surface area contributed by atoms with Gasteiger partial charge in [-0.1, -0.05) is 30.3 Å². The molecular weight excluding hydrogens is 536 g/mol. The summed E-state index contributed by atoms with van der Waals surface area (Å²) < 4.78 is 11.3. The molecule has 3 aromatic carbocycles. The van der Waals surface area contributed by atoms with Crippen LogP contribution in [0.15, 0.2) is 60.7 Å². The number of rotatable bonds is 6. The molecule has 0 radical (unpaired) electrons. The number of carbonyl (C=O) groups is 2. The highest BCUT2D eigenvalue weighted by molar-refractivity contribution is 6.16. The molecule has 0 bridgehead atoms. The summed E-state index contributed by atoms with van der Waals surface area (Å²) in [4.78, 5) is 25.7. The number of aliphatic hydroxyl groups is 4. The topological polar surface area (TPSA) is 194 Å². The lowest BCUT2D eigenvalue weighted by molar-refractivity contribution is -0.234. The van der Waals surface area contributed by atoms with Gasteiger partial charge < -0.3 is 45.2 Å².